The van der Waals surface area contributed by atoms with Crippen molar-refractivity contribution in [3.05, 3.63) is 0 Å². The molecule has 1 saturated carbocycles. The van der Waals surface area contributed by atoms with E-state index in [2.05, 4.69) is 0 Å². The minimum atomic E-state index is -0.403. The smallest absolute Gasteiger partial charge is 0.132 e. The van der Waals surface area contributed by atoms with E-state index in [4.69, 9.17) is 1.37 Å². The molecule has 1 rings (SSSR count). The van der Waals surface area contributed by atoms with E-state index in [0.717, 1.165) is 19.3 Å². The zero-order valence-electron chi connectivity index (χ0n) is 6.73. The Balaban J connectivity index is 2.35. The van der Waals surface area contributed by atoms with Crippen molar-refractivity contribution in [2.45, 2.75) is 44.9 Å². The fourth-order valence-electron chi connectivity index (χ4n) is 1.16. The predicted octanol–water partition coefficient (Wildman–Crippen LogP) is 2.30. The van der Waals surface area contributed by atoms with Gasteiger partial charge in [-0.05, 0) is 12.8 Å². The van der Waals surface area contributed by atoms with Crippen LogP contribution >= 0.6 is 0 Å². The van der Waals surface area contributed by atoms with Gasteiger partial charge in [-0.2, -0.15) is 0 Å². The van der Waals surface area contributed by atoms with Gasteiger partial charge in [-0.15, -0.1) is 0 Å². The highest BCUT2D eigenvalue weighted by Gasteiger charge is 2.04. The number of rotatable bonds is 0. The molecule has 0 bridgehead atoms. The molecule has 0 saturated heterocycles. The average molecular weight is 127 g/mol. The van der Waals surface area contributed by atoms with Crippen LogP contribution in [0.25, 0.3) is 0 Å². The Morgan fingerprint density at radius 3 is 2.67 bits per heavy atom. The zero-order valence-corrected chi connectivity index (χ0v) is 5.73. The lowest BCUT2D eigenvalue weighted by molar-refractivity contribution is -0.119. The van der Waals surface area contributed by atoms with E-state index < -0.39 is 6.40 Å². The lowest BCUT2D eigenvalue weighted by Crippen LogP contribution is -2.00. The normalized spacial score (nSPS) is 32.7. The largest absolute Gasteiger partial charge is 0.300 e. The highest BCUT2D eigenvalue weighted by Crippen LogP contribution is 2.13. The first-order valence-electron chi connectivity index (χ1n) is 4.33. The molecule has 0 radical (unpaired) electrons. The molecule has 0 amide bonds. The second-order valence-electron chi connectivity index (χ2n) is 2.62. The lowest BCUT2D eigenvalue weighted by Gasteiger charge is -2.05. The van der Waals surface area contributed by atoms with Crippen molar-refractivity contribution in [1.82, 2.24) is 0 Å². The summed E-state index contributed by atoms with van der Waals surface area (Å²) in [5.74, 6) is 0.153. The summed E-state index contributed by atoms with van der Waals surface area (Å²) in [7, 11) is 0. The Kier molecular flexibility index (Phi) is 2.21. The van der Waals surface area contributed by atoms with Crippen LogP contribution in [0.1, 0.15) is 46.3 Å². The monoisotopic (exact) mass is 127 g/mol. The zero-order chi connectivity index (χ0) is 7.40. The van der Waals surface area contributed by atoms with Gasteiger partial charge >= 0.3 is 0 Å². The van der Waals surface area contributed by atoms with Crippen LogP contribution in [0.2, 0.25) is 0 Å². The number of hydrogen-bond acceptors (Lipinski definition) is 1. The standard InChI is InChI=1S/C8H14O/c9-8-6-4-2-1-3-5-7-8/h1-7H2/i6D. The van der Waals surface area contributed by atoms with E-state index in [1.807, 2.05) is 0 Å². The van der Waals surface area contributed by atoms with Gasteiger partial charge in [-0.25, -0.2) is 0 Å². The van der Waals surface area contributed by atoms with E-state index in [9.17, 15) is 4.79 Å². The molecule has 1 heteroatoms. The Morgan fingerprint density at radius 2 is 1.78 bits per heavy atom. The van der Waals surface area contributed by atoms with Crippen LogP contribution < -0.4 is 0 Å². The first-order valence-corrected chi connectivity index (χ1v) is 3.75. The summed E-state index contributed by atoms with van der Waals surface area (Å²) in [5.41, 5.74) is 0. The highest BCUT2D eigenvalue weighted by atomic mass is 16.1. The van der Waals surface area contributed by atoms with Crippen molar-refractivity contribution in [3.63, 3.8) is 0 Å². The molecule has 0 spiro atoms. The molecule has 1 atom stereocenters. The molecule has 1 nitrogen and oxygen atoms in total. The van der Waals surface area contributed by atoms with E-state index in [1.165, 1.54) is 12.8 Å². The quantitative estimate of drug-likeness (QED) is 0.488. The summed E-state index contributed by atoms with van der Waals surface area (Å²) in [6.07, 6.45) is 5.50. The molecular formula is C8H14O. The van der Waals surface area contributed by atoms with Crippen molar-refractivity contribution >= 4 is 5.78 Å². The maximum Gasteiger partial charge on any atom is 0.132 e. The van der Waals surface area contributed by atoms with Gasteiger partial charge in [0, 0.05) is 14.2 Å². The van der Waals surface area contributed by atoms with Gasteiger partial charge in [0.15, 0.2) is 0 Å². The average Bonchev–Trinajstić information content (AvgIpc) is 1.92. The van der Waals surface area contributed by atoms with Gasteiger partial charge in [0.1, 0.15) is 5.78 Å². The third kappa shape index (κ3) is 2.64. The molecule has 1 fully saturated rings. The minimum absolute atomic E-state index is 0.153. The van der Waals surface area contributed by atoms with Gasteiger partial charge in [0.25, 0.3) is 0 Å². The van der Waals surface area contributed by atoms with E-state index in [-0.39, 0.29) is 5.78 Å². The number of hydrogen-bond donors (Lipinski definition) is 0. The molecule has 0 aliphatic heterocycles. The number of Topliss-reactive ketones (excluding diaryl/α,β-unsaturated/α-hetero) is 1. The van der Waals surface area contributed by atoms with Crippen molar-refractivity contribution in [1.29, 1.82) is 0 Å². The topological polar surface area (TPSA) is 17.1 Å². The molecule has 0 N–H and O–H groups in total. The molecule has 0 aromatic rings. The second kappa shape index (κ2) is 3.65. The van der Waals surface area contributed by atoms with Gasteiger partial charge in [0.05, 0.1) is 0 Å². The molecular weight excluding hydrogens is 112 g/mol. The van der Waals surface area contributed by atoms with Gasteiger partial charge < -0.3 is 0 Å². The molecule has 1 unspecified atom stereocenters. The number of carbonyl (C=O) groups is 1. The Hall–Kier alpha value is -0.330. The first kappa shape index (κ1) is 5.45. The third-order valence-electron chi connectivity index (χ3n) is 1.75. The summed E-state index contributed by atoms with van der Waals surface area (Å²) in [6.45, 7) is 0. The van der Waals surface area contributed by atoms with Crippen LogP contribution in [0.5, 0.6) is 0 Å². The summed E-state index contributed by atoms with van der Waals surface area (Å²) >= 11 is 0. The molecule has 1 aliphatic carbocycles. The number of carbonyl (C=O) groups excluding carboxylic acids is 1. The van der Waals surface area contributed by atoms with Gasteiger partial charge in [-0.1, -0.05) is 19.3 Å². The Morgan fingerprint density at radius 1 is 1.11 bits per heavy atom. The predicted molar refractivity (Wildman–Crippen MR) is 37.3 cm³/mol. The van der Waals surface area contributed by atoms with Crippen LogP contribution in [0.4, 0.5) is 0 Å². The van der Waals surface area contributed by atoms with Crippen LogP contribution in [-0.2, 0) is 4.79 Å². The highest BCUT2D eigenvalue weighted by molar-refractivity contribution is 5.78. The summed E-state index contributed by atoms with van der Waals surface area (Å²) < 4.78 is 7.37. The lowest BCUT2D eigenvalue weighted by atomic mass is 10.0. The second-order valence-corrected chi connectivity index (χ2v) is 2.62. The summed E-state index contributed by atoms with van der Waals surface area (Å²) in [6, 6.07) is 0. The number of ketones is 1. The molecule has 0 aromatic carbocycles. The SMILES string of the molecule is [2H]C1CCCCCCC1=O. The Labute approximate surface area is 57.9 Å². The van der Waals surface area contributed by atoms with Crippen molar-refractivity contribution in [2.75, 3.05) is 0 Å². The first-order chi connectivity index (χ1) is 4.80. The summed E-state index contributed by atoms with van der Waals surface area (Å²) in [4.78, 5) is 11.0. The van der Waals surface area contributed by atoms with Crippen LogP contribution in [0.3, 0.4) is 0 Å². The Bertz CT molecular complexity index is 122. The molecule has 52 valence electrons. The maximum atomic E-state index is 11.0. The molecule has 1 aliphatic rings. The molecule has 0 aromatic heterocycles. The fraction of sp³-hybridized carbons (Fsp3) is 0.875. The van der Waals surface area contributed by atoms with Gasteiger partial charge in [-0.3, -0.25) is 4.79 Å². The van der Waals surface area contributed by atoms with Crippen LogP contribution in [-0.4, -0.2) is 5.78 Å². The van der Waals surface area contributed by atoms with Crippen molar-refractivity contribution < 1.29 is 6.17 Å². The summed E-state index contributed by atoms with van der Waals surface area (Å²) in [5, 5.41) is 0. The van der Waals surface area contributed by atoms with E-state index >= 15 is 0 Å². The van der Waals surface area contributed by atoms with E-state index in [1.54, 1.807) is 0 Å². The van der Waals surface area contributed by atoms with Crippen LogP contribution in [0, 0.1) is 0 Å². The van der Waals surface area contributed by atoms with E-state index in [0.29, 0.717) is 6.42 Å². The fourth-order valence-corrected chi connectivity index (χ4v) is 1.16. The third-order valence-corrected chi connectivity index (χ3v) is 1.75. The van der Waals surface area contributed by atoms with Crippen molar-refractivity contribution in [3.8, 4) is 0 Å². The molecule has 0 heterocycles. The van der Waals surface area contributed by atoms with Crippen LogP contribution in [0.15, 0.2) is 0 Å². The van der Waals surface area contributed by atoms with Gasteiger partial charge in [0.2, 0.25) is 0 Å². The minimum Gasteiger partial charge on any atom is -0.300 e. The molecule has 9 heavy (non-hydrogen) atoms. The maximum absolute atomic E-state index is 11.0. The van der Waals surface area contributed by atoms with Crippen molar-refractivity contribution in [2.24, 2.45) is 0 Å².